The lowest BCUT2D eigenvalue weighted by molar-refractivity contribution is -0.200. The SMILES string of the molecule is O=C(C=Cc1ccc(-c2ccc([C@@]3(CC(=O)NOC4CCCCO4)CCCCS3)s2)cc1)Nc1ccccc1. The van der Waals surface area contributed by atoms with Gasteiger partial charge in [-0.05, 0) is 72.9 Å². The summed E-state index contributed by atoms with van der Waals surface area (Å²) in [6.45, 7) is 0.680. The van der Waals surface area contributed by atoms with Crippen LogP contribution in [-0.2, 0) is 23.9 Å². The zero-order chi connectivity index (χ0) is 26.9. The molecule has 1 unspecified atom stereocenters. The van der Waals surface area contributed by atoms with Gasteiger partial charge in [0, 0.05) is 41.0 Å². The van der Waals surface area contributed by atoms with E-state index in [-0.39, 0.29) is 22.9 Å². The number of hydrogen-bond acceptors (Lipinski definition) is 6. The molecule has 2 amide bonds. The van der Waals surface area contributed by atoms with Crippen molar-refractivity contribution in [3.8, 4) is 10.4 Å². The highest BCUT2D eigenvalue weighted by Crippen LogP contribution is 2.50. The highest BCUT2D eigenvalue weighted by atomic mass is 32.2. The molecule has 2 saturated heterocycles. The summed E-state index contributed by atoms with van der Waals surface area (Å²) in [4.78, 5) is 33.1. The van der Waals surface area contributed by atoms with Crippen molar-refractivity contribution in [2.75, 3.05) is 17.7 Å². The summed E-state index contributed by atoms with van der Waals surface area (Å²) in [5, 5.41) is 2.86. The number of hydroxylamine groups is 1. The Hall–Kier alpha value is -2.91. The second-order valence-electron chi connectivity index (χ2n) is 9.89. The molecule has 2 fully saturated rings. The van der Waals surface area contributed by atoms with E-state index < -0.39 is 0 Å². The predicted octanol–water partition coefficient (Wildman–Crippen LogP) is 7.14. The second-order valence-corrected chi connectivity index (χ2v) is 12.5. The molecule has 2 aliphatic rings. The molecule has 0 bridgehead atoms. The minimum atomic E-state index is -0.345. The van der Waals surface area contributed by atoms with Gasteiger partial charge in [0.15, 0.2) is 6.29 Å². The normalized spacial score (nSPS) is 21.5. The quantitative estimate of drug-likeness (QED) is 0.214. The molecule has 0 spiro atoms. The molecular weight excluding hydrogens is 528 g/mol. The van der Waals surface area contributed by atoms with Crippen molar-refractivity contribution in [2.24, 2.45) is 0 Å². The third-order valence-electron chi connectivity index (χ3n) is 6.96. The van der Waals surface area contributed by atoms with E-state index in [1.165, 1.54) is 16.2 Å². The summed E-state index contributed by atoms with van der Waals surface area (Å²) in [5.74, 6) is 0.788. The Morgan fingerprint density at radius 2 is 1.85 bits per heavy atom. The maximum absolute atomic E-state index is 12.9. The molecule has 2 aliphatic heterocycles. The third-order valence-corrected chi connectivity index (χ3v) is 10.0. The van der Waals surface area contributed by atoms with Gasteiger partial charge in [-0.25, -0.2) is 10.3 Å². The van der Waals surface area contributed by atoms with Crippen LogP contribution in [0.4, 0.5) is 5.69 Å². The number of hydrogen-bond donors (Lipinski definition) is 2. The highest BCUT2D eigenvalue weighted by Gasteiger charge is 2.38. The van der Waals surface area contributed by atoms with Gasteiger partial charge in [0.25, 0.3) is 0 Å². The summed E-state index contributed by atoms with van der Waals surface area (Å²) in [6, 6.07) is 21.9. The summed E-state index contributed by atoms with van der Waals surface area (Å²) in [7, 11) is 0. The smallest absolute Gasteiger partial charge is 0.248 e. The molecule has 0 radical (unpaired) electrons. The first-order valence-electron chi connectivity index (χ1n) is 13.5. The molecule has 1 aromatic heterocycles. The van der Waals surface area contributed by atoms with Crippen LogP contribution in [0.5, 0.6) is 0 Å². The van der Waals surface area contributed by atoms with Gasteiger partial charge in [-0.3, -0.25) is 9.59 Å². The molecule has 0 saturated carbocycles. The monoisotopic (exact) mass is 562 g/mol. The van der Waals surface area contributed by atoms with Crippen LogP contribution >= 0.6 is 23.1 Å². The van der Waals surface area contributed by atoms with Crippen LogP contribution < -0.4 is 10.8 Å². The van der Waals surface area contributed by atoms with Crippen LogP contribution in [0, 0.1) is 0 Å². The lowest BCUT2D eigenvalue weighted by Crippen LogP contribution is -2.37. The Labute approximate surface area is 238 Å². The summed E-state index contributed by atoms with van der Waals surface area (Å²) in [6.07, 6.45) is 9.57. The molecule has 5 rings (SSSR count). The van der Waals surface area contributed by atoms with Crippen molar-refractivity contribution in [1.82, 2.24) is 5.48 Å². The van der Waals surface area contributed by atoms with Crippen LogP contribution in [0.2, 0.25) is 0 Å². The third kappa shape index (κ3) is 7.60. The van der Waals surface area contributed by atoms with E-state index in [0.717, 1.165) is 54.7 Å². The van der Waals surface area contributed by atoms with Gasteiger partial charge in [0.2, 0.25) is 11.8 Å². The minimum absolute atomic E-state index is 0.0963. The van der Waals surface area contributed by atoms with Crippen molar-refractivity contribution < 1.29 is 19.2 Å². The van der Waals surface area contributed by atoms with E-state index in [9.17, 15) is 9.59 Å². The first-order chi connectivity index (χ1) is 19.1. The van der Waals surface area contributed by atoms with Crippen LogP contribution in [0.1, 0.15) is 55.4 Å². The number of carbonyl (C=O) groups is 2. The van der Waals surface area contributed by atoms with Gasteiger partial charge in [-0.15, -0.1) is 23.1 Å². The van der Waals surface area contributed by atoms with Gasteiger partial charge in [0.1, 0.15) is 0 Å². The summed E-state index contributed by atoms with van der Waals surface area (Å²) < 4.78 is 5.34. The Morgan fingerprint density at radius 1 is 1.00 bits per heavy atom. The number of rotatable bonds is 9. The number of carbonyl (C=O) groups excluding carboxylic acids is 2. The maximum atomic E-state index is 12.9. The van der Waals surface area contributed by atoms with Gasteiger partial charge < -0.3 is 10.1 Å². The molecule has 0 aliphatic carbocycles. The fourth-order valence-corrected chi connectivity index (χ4v) is 7.77. The number of thioether (sulfide) groups is 1. The minimum Gasteiger partial charge on any atom is -0.350 e. The first-order valence-corrected chi connectivity index (χ1v) is 15.3. The molecular formula is C31H34N2O4S2. The molecule has 8 heteroatoms. The average Bonchev–Trinajstić information content (AvgIpc) is 3.48. The van der Waals surface area contributed by atoms with Gasteiger partial charge in [-0.2, -0.15) is 0 Å². The fourth-order valence-electron chi connectivity index (χ4n) is 4.88. The average molecular weight is 563 g/mol. The maximum Gasteiger partial charge on any atom is 0.248 e. The lowest BCUT2D eigenvalue weighted by Gasteiger charge is -2.35. The molecule has 2 aromatic carbocycles. The van der Waals surface area contributed by atoms with Gasteiger partial charge >= 0.3 is 0 Å². The zero-order valence-electron chi connectivity index (χ0n) is 21.9. The van der Waals surface area contributed by atoms with E-state index >= 15 is 0 Å². The van der Waals surface area contributed by atoms with Crippen molar-refractivity contribution in [1.29, 1.82) is 0 Å². The topological polar surface area (TPSA) is 76.7 Å². The zero-order valence-corrected chi connectivity index (χ0v) is 23.5. The largest absolute Gasteiger partial charge is 0.350 e. The van der Waals surface area contributed by atoms with Crippen LogP contribution in [-0.4, -0.2) is 30.5 Å². The molecule has 39 heavy (non-hydrogen) atoms. The Bertz CT molecular complexity index is 1260. The van der Waals surface area contributed by atoms with Crippen molar-refractivity contribution in [3.05, 3.63) is 83.2 Å². The second kappa shape index (κ2) is 13.4. The lowest BCUT2D eigenvalue weighted by atomic mass is 9.94. The molecule has 3 heterocycles. The Kier molecular flexibility index (Phi) is 9.53. The molecule has 2 atom stereocenters. The van der Waals surface area contributed by atoms with Crippen LogP contribution in [0.15, 0.2) is 72.8 Å². The van der Waals surface area contributed by atoms with E-state index in [1.54, 1.807) is 17.4 Å². The van der Waals surface area contributed by atoms with E-state index in [4.69, 9.17) is 9.57 Å². The van der Waals surface area contributed by atoms with Crippen molar-refractivity contribution >= 4 is 46.7 Å². The van der Waals surface area contributed by atoms with Crippen LogP contribution in [0.3, 0.4) is 0 Å². The number of nitrogens with one attached hydrogen (secondary N) is 2. The number of amides is 2. The number of ether oxygens (including phenoxy) is 1. The fraction of sp³-hybridized carbons (Fsp3) is 0.355. The Balaban J connectivity index is 1.22. The van der Waals surface area contributed by atoms with E-state index in [1.807, 2.05) is 60.3 Å². The predicted molar refractivity (Wildman–Crippen MR) is 159 cm³/mol. The molecule has 6 nitrogen and oxygen atoms in total. The van der Waals surface area contributed by atoms with E-state index in [2.05, 4.69) is 35.1 Å². The van der Waals surface area contributed by atoms with Gasteiger partial charge in [-0.1, -0.05) is 48.9 Å². The summed E-state index contributed by atoms with van der Waals surface area (Å²) in [5.41, 5.74) is 5.51. The molecule has 2 N–H and O–H groups in total. The first kappa shape index (κ1) is 27.6. The molecule has 204 valence electrons. The van der Waals surface area contributed by atoms with Crippen molar-refractivity contribution in [2.45, 2.75) is 56.0 Å². The van der Waals surface area contributed by atoms with Crippen LogP contribution in [0.25, 0.3) is 16.5 Å². The number of para-hydroxylation sites is 1. The number of benzene rings is 2. The number of anilines is 1. The highest BCUT2D eigenvalue weighted by molar-refractivity contribution is 8.00. The summed E-state index contributed by atoms with van der Waals surface area (Å²) >= 11 is 3.65. The molecule has 3 aromatic rings. The van der Waals surface area contributed by atoms with Gasteiger partial charge in [0.05, 0.1) is 4.75 Å². The Morgan fingerprint density at radius 3 is 2.59 bits per heavy atom. The standard InChI is InChI=1S/C31H34N2O4S2/c34-28(32-25-8-2-1-3-9-25)18-13-23-11-14-24(15-12-23)26-16-17-27(39-26)31(19-5-7-21-38-31)22-29(35)33-37-30-10-4-6-20-36-30/h1-3,8-9,11-18,30H,4-7,10,19-22H2,(H,32,34)(H,33,35)/t30?,31-/m0/s1. The number of thiophene rings is 1. The van der Waals surface area contributed by atoms with E-state index in [0.29, 0.717) is 13.0 Å². The van der Waals surface area contributed by atoms with Crippen molar-refractivity contribution in [3.63, 3.8) is 0 Å².